The van der Waals surface area contributed by atoms with E-state index in [2.05, 4.69) is 4.99 Å². The molecule has 0 amide bonds. The molecule has 0 spiro atoms. The van der Waals surface area contributed by atoms with Crippen LogP contribution in [0.5, 0.6) is 5.88 Å². The minimum absolute atomic E-state index is 0.0111. The standard InChI is InChI=1S/C11H17N3O4/c1-13-9(15)8(7-12-5-4-6-18-3)10(16)14(2)11(13)17/h7,15H,4-6H2,1-3H3. The quantitative estimate of drug-likeness (QED) is 0.554. The third-order valence-electron chi connectivity index (χ3n) is 2.52. The van der Waals surface area contributed by atoms with Gasteiger partial charge in [-0.15, -0.1) is 0 Å². The Balaban J connectivity index is 3.04. The minimum atomic E-state index is -0.575. The normalized spacial score (nSPS) is 11.3. The van der Waals surface area contributed by atoms with Crippen LogP contribution in [0.3, 0.4) is 0 Å². The van der Waals surface area contributed by atoms with Crippen LogP contribution in [0.2, 0.25) is 0 Å². The maximum absolute atomic E-state index is 11.8. The molecule has 0 aliphatic heterocycles. The predicted octanol–water partition coefficient (Wildman–Crippen LogP) is -0.755. The van der Waals surface area contributed by atoms with E-state index in [-0.39, 0.29) is 11.4 Å². The van der Waals surface area contributed by atoms with Gasteiger partial charge in [-0.25, -0.2) is 4.79 Å². The van der Waals surface area contributed by atoms with E-state index in [1.807, 2.05) is 0 Å². The zero-order valence-electron chi connectivity index (χ0n) is 10.7. The van der Waals surface area contributed by atoms with Crippen LogP contribution in [0.15, 0.2) is 14.6 Å². The fourth-order valence-corrected chi connectivity index (χ4v) is 1.43. The summed E-state index contributed by atoms with van der Waals surface area (Å²) in [6, 6.07) is 0. The second-order valence-electron chi connectivity index (χ2n) is 3.82. The molecule has 7 nitrogen and oxygen atoms in total. The third kappa shape index (κ3) is 2.86. The van der Waals surface area contributed by atoms with Gasteiger partial charge in [0.25, 0.3) is 5.56 Å². The molecule has 0 saturated heterocycles. The third-order valence-corrected chi connectivity index (χ3v) is 2.52. The fraction of sp³-hybridized carbons (Fsp3) is 0.545. The second-order valence-corrected chi connectivity index (χ2v) is 3.82. The molecule has 0 aliphatic rings. The number of nitrogens with zero attached hydrogens (tertiary/aromatic N) is 3. The van der Waals surface area contributed by atoms with Crippen molar-refractivity contribution >= 4 is 6.21 Å². The molecule has 1 aromatic heterocycles. The van der Waals surface area contributed by atoms with Crippen LogP contribution in [0.1, 0.15) is 12.0 Å². The van der Waals surface area contributed by atoms with Crippen molar-refractivity contribution in [3.63, 3.8) is 0 Å². The summed E-state index contributed by atoms with van der Waals surface area (Å²) < 4.78 is 6.79. The van der Waals surface area contributed by atoms with E-state index in [1.165, 1.54) is 20.3 Å². The van der Waals surface area contributed by atoms with Crippen LogP contribution in [-0.2, 0) is 18.8 Å². The molecular formula is C11H17N3O4. The van der Waals surface area contributed by atoms with Crippen molar-refractivity contribution in [1.29, 1.82) is 0 Å². The van der Waals surface area contributed by atoms with Gasteiger partial charge in [0, 0.05) is 40.6 Å². The Morgan fingerprint density at radius 2 is 2.00 bits per heavy atom. The van der Waals surface area contributed by atoms with Crippen LogP contribution in [0.4, 0.5) is 0 Å². The summed E-state index contributed by atoms with van der Waals surface area (Å²) in [7, 11) is 4.34. The van der Waals surface area contributed by atoms with E-state index in [0.717, 1.165) is 15.6 Å². The van der Waals surface area contributed by atoms with Crippen molar-refractivity contribution in [2.45, 2.75) is 6.42 Å². The van der Waals surface area contributed by atoms with Crippen LogP contribution in [-0.4, -0.2) is 40.7 Å². The molecule has 100 valence electrons. The molecule has 7 heteroatoms. The molecule has 0 aromatic carbocycles. The van der Waals surface area contributed by atoms with Gasteiger partial charge in [0.15, 0.2) is 0 Å². The number of aliphatic imine (C=N–C) groups is 1. The van der Waals surface area contributed by atoms with Crippen LogP contribution >= 0.6 is 0 Å². The van der Waals surface area contributed by atoms with E-state index in [1.54, 1.807) is 7.11 Å². The number of hydrogen-bond donors (Lipinski definition) is 1. The molecule has 0 bridgehead atoms. The molecule has 1 heterocycles. The summed E-state index contributed by atoms with van der Waals surface area (Å²) >= 11 is 0. The first-order valence-corrected chi connectivity index (χ1v) is 5.48. The average Bonchev–Trinajstić information content (AvgIpc) is 2.37. The second kappa shape index (κ2) is 6.15. The van der Waals surface area contributed by atoms with Crippen molar-refractivity contribution in [3.05, 3.63) is 26.4 Å². The minimum Gasteiger partial charge on any atom is -0.494 e. The highest BCUT2D eigenvalue weighted by molar-refractivity contribution is 5.81. The van der Waals surface area contributed by atoms with Gasteiger partial charge in [-0.2, -0.15) is 0 Å². The predicted molar refractivity (Wildman–Crippen MR) is 67.5 cm³/mol. The zero-order valence-corrected chi connectivity index (χ0v) is 10.7. The summed E-state index contributed by atoms with van der Waals surface area (Å²) in [5, 5.41) is 9.72. The molecule has 1 rings (SSSR count). The number of hydrogen-bond acceptors (Lipinski definition) is 5. The first-order chi connectivity index (χ1) is 8.50. The van der Waals surface area contributed by atoms with Gasteiger partial charge >= 0.3 is 5.69 Å². The van der Waals surface area contributed by atoms with E-state index < -0.39 is 11.2 Å². The lowest BCUT2D eigenvalue weighted by Gasteiger charge is -2.06. The number of ether oxygens (including phenoxy) is 1. The van der Waals surface area contributed by atoms with E-state index in [4.69, 9.17) is 4.74 Å². The smallest absolute Gasteiger partial charge is 0.333 e. The van der Waals surface area contributed by atoms with Gasteiger partial charge in [-0.1, -0.05) is 0 Å². The Kier molecular flexibility index (Phi) is 4.85. The maximum atomic E-state index is 11.8. The van der Waals surface area contributed by atoms with E-state index >= 15 is 0 Å². The highest BCUT2D eigenvalue weighted by Gasteiger charge is 2.12. The number of rotatable bonds is 5. The highest BCUT2D eigenvalue weighted by Crippen LogP contribution is 2.05. The van der Waals surface area contributed by atoms with Crippen LogP contribution < -0.4 is 11.2 Å². The van der Waals surface area contributed by atoms with Crippen molar-refractivity contribution in [2.24, 2.45) is 19.1 Å². The van der Waals surface area contributed by atoms with Gasteiger partial charge in [-0.3, -0.25) is 18.9 Å². The Morgan fingerprint density at radius 3 is 2.61 bits per heavy atom. The van der Waals surface area contributed by atoms with Gasteiger partial charge in [0.2, 0.25) is 5.88 Å². The summed E-state index contributed by atoms with van der Waals surface area (Å²) in [4.78, 5) is 27.3. The van der Waals surface area contributed by atoms with Gasteiger partial charge in [0.1, 0.15) is 5.56 Å². The first-order valence-electron chi connectivity index (χ1n) is 5.48. The summed E-state index contributed by atoms with van der Waals surface area (Å²) in [6.07, 6.45) is 2.01. The lowest BCUT2D eigenvalue weighted by atomic mass is 10.3. The molecule has 0 saturated carbocycles. The SMILES string of the molecule is COCCCN=Cc1c(O)n(C)c(=O)n(C)c1=O. The number of aromatic nitrogens is 2. The van der Waals surface area contributed by atoms with Crippen molar-refractivity contribution in [1.82, 2.24) is 9.13 Å². The first kappa shape index (κ1) is 14.2. The Bertz CT molecular complexity index is 557. The Labute approximate surface area is 104 Å². The van der Waals surface area contributed by atoms with Gasteiger partial charge in [0.05, 0.1) is 0 Å². The van der Waals surface area contributed by atoms with Crippen molar-refractivity contribution in [3.8, 4) is 5.88 Å². The summed E-state index contributed by atoms with van der Waals surface area (Å²) in [5.74, 6) is -0.376. The lowest BCUT2D eigenvalue weighted by molar-refractivity contribution is 0.197. The molecule has 0 aliphatic carbocycles. The molecule has 18 heavy (non-hydrogen) atoms. The Morgan fingerprint density at radius 1 is 1.33 bits per heavy atom. The maximum Gasteiger partial charge on any atom is 0.333 e. The van der Waals surface area contributed by atoms with Crippen molar-refractivity contribution < 1.29 is 9.84 Å². The van der Waals surface area contributed by atoms with Gasteiger partial charge < -0.3 is 9.84 Å². The molecular weight excluding hydrogens is 238 g/mol. The molecule has 1 aromatic rings. The molecule has 0 fully saturated rings. The van der Waals surface area contributed by atoms with E-state index in [9.17, 15) is 14.7 Å². The van der Waals surface area contributed by atoms with E-state index in [0.29, 0.717) is 13.2 Å². The highest BCUT2D eigenvalue weighted by atomic mass is 16.5. The summed E-state index contributed by atoms with van der Waals surface area (Å²) in [5.41, 5.74) is -1.13. The molecule has 0 atom stereocenters. The van der Waals surface area contributed by atoms with Crippen LogP contribution in [0, 0.1) is 0 Å². The average molecular weight is 255 g/mol. The molecule has 0 radical (unpaired) electrons. The molecule has 0 unspecified atom stereocenters. The monoisotopic (exact) mass is 255 g/mol. The van der Waals surface area contributed by atoms with Crippen LogP contribution in [0.25, 0.3) is 0 Å². The number of aromatic hydroxyl groups is 1. The topological polar surface area (TPSA) is 85.8 Å². The lowest BCUT2D eigenvalue weighted by Crippen LogP contribution is -2.38. The largest absolute Gasteiger partial charge is 0.494 e. The van der Waals surface area contributed by atoms with Crippen molar-refractivity contribution in [2.75, 3.05) is 20.3 Å². The molecule has 1 N–H and O–H groups in total. The summed E-state index contributed by atoms with van der Waals surface area (Å²) in [6.45, 7) is 1.06. The zero-order chi connectivity index (χ0) is 13.7. The number of methoxy groups -OCH3 is 1. The fourth-order valence-electron chi connectivity index (χ4n) is 1.43. The van der Waals surface area contributed by atoms with Gasteiger partial charge in [-0.05, 0) is 6.42 Å². The Hall–Kier alpha value is -1.89.